The summed E-state index contributed by atoms with van der Waals surface area (Å²) in [4.78, 5) is 14.0. The first kappa shape index (κ1) is 18.6. The molecule has 1 aromatic carbocycles. The van der Waals surface area contributed by atoms with Crippen molar-refractivity contribution in [3.05, 3.63) is 29.8 Å². The Morgan fingerprint density at radius 2 is 1.86 bits per heavy atom. The van der Waals surface area contributed by atoms with Gasteiger partial charge in [0.15, 0.2) is 6.61 Å². The van der Waals surface area contributed by atoms with Gasteiger partial charge < -0.3 is 15.4 Å². The fourth-order valence-corrected chi connectivity index (χ4v) is 2.20. The van der Waals surface area contributed by atoms with Crippen LogP contribution in [0.2, 0.25) is 0 Å². The largest absolute Gasteiger partial charge is 0.483 e. The van der Waals surface area contributed by atoms with Crippen molar-refractivity contribution in [3.63, 3.8) is 0 Å². The van der Waals surface area contributed by atoms with Gasteiger partial charge in [-0.25, -0.2) is 0 Å². The average molecular weight is 339 g/mol. The van der Waals surface area contributed by atoms with Gasteiger partial charge in [0.1, 0.15) is 5.75 Å². The van der Waals surface area contributed by atoms with E-state index in [1.54, 1.807) is 11.0 Å². The molecule has 1 heterocycles. The summed E-state index contributed by atoms with van der Waals surface area (Å²) >= 11 is 0. The minimum atomic E-state index is -4.44. The van der Waals surface area contributed by atoms with Crippen LogP contribution in [0.1, 0.15) is 23.2 Å². The van der Waals surface area contributed by atoms with Crippen molar-refractivity contribution in [2.75, 3.05) is 19.7 Å². The maximum Gasteiger partial charge on any atom is 0.422 e. The second kappa shape index (κ2) is 7.69. The fourth-order valence-electron chi connectivity index (χ4n) is 2.20. The molecule has 1 aliphatic rings. The SMILES string of the molecule is Cl.NC1CCN(C(=O)c2ccccc2OCC(F)(F)F)CC1. The zero-order valence-corrected chi connectivity index (χ0v) is 12.6. The average Bonchev–Trinajstić information content (AvgIpc) is 2.45. The number of likely N-dealkylation sites (tertiary alicyclic amines) is 1. The second-order valence-corrected chi connectivity index (χ2v) is 5.03. The van der Waals surface area contributed by atoms with Crippen LogP contribution in [0.15, 0.2) is 24.3 Å². The standard InChI is InChI=1S/C14H17F3N2O2.ClH/c15-14(16,17)9-21-12-4-2-1-3-11(12)13(20)19-7-5-10(18)6-8-19;/h1-4,10H,5-9,18H2;1H. The van der Waals surface area contributed by atoms with Crippen LogP contribution in [0.3, 0.4) is 0 Å². The fraction of sp³-hybridized carbons (Fsp3) is 0.500. The number of nitrogens with zero attached hydrogens (tertiary/aromatic N) is 1. The van der Waals surface area contributed by atoms with E-state index in [0.29, 0.717) is 25.9 Å². The number of para-hydroxylation sites is 1. The summed E-state index contributed by atoms with van der Waals surface area (Å²) in [5, 5.41) is 0. The molecule has 0 unspecified atom stereocenters. The number of benzene rings is 1. The summed E-state index contributed by atoms with van der Waals surface area (Å²) in [6.07, 6.45) is -3.05. The number of piperidine rings is 1. The first-order valence-corrected chi connectivity index (χ1v) is 6.70. The van der Waals surface area contributed by atoms with Crippen LogP contribution in [-0.2, 0) is 0 Å². The normalized spacial score (nSPS) is 16.1. The van der Waals surface area contributed by atoms with E-state index in [1.807, 2.05) is 0 Å². The third kappa shape index (κ3) is 5.06. The molecule has 4 nitrogen and oxygen atoms in total. The van der Waals surface area contributed by atoms with Crippen molar-refractivity contribution in [1.82, 2.24) is 4.90 Å². The predicted molar refractivity (Wildman–Crippen MR) is 78.4 cm³/mol. The van der Waals surface area contributed by atoms with E-state index in [4.69, 9.17) is 10.5 Å². The molecule has 2 N–H and O–H groups in total. The Labute approximate surface area is 132 Å². The summed E-state index contributed by atoms with van der Waals surface area (Å²) in [5.74, 6) is -0.366. The quantitative estimate of drug-likeness (QED) is 0.921. The molecule has 124 valence electrons. The molecule has 1 fully saturated rings. The van der Waals surface area contributed by atoms with Gasteiger partial charge >= 0.3 is 6.18 Å². The molecule has 0 bridgehead atoms. The highest BCUT2D eigenvalue weighted by molar-refractivity contribution is 5.97. The van der Waals surface area contributed by atoms with Crippen molar-refractivity contribution < 1.29 is 22.7 Å². The van der Waals surface area contributed by atoms with E-state index in [1.165, 1.54) is 18.2 Å². The van der Waals surface area contributed by atoms with Gasteiger partial charge in [0.2, 0.25) is 0 Å². The molecule has 0 atom stereocenters. The van der Waals surface area contributed by atoms with Crippen LogP contribution in [0.4, 0.5) is 13.2 Å². The number of hydrogen-bond acceptors (Lipinski definition) is 3. The highest BCUT2D eigenvalue weighted by Crippen LogP contribution is 2.24. The van der Waals surface area contributed by atoms with Crippen LogP contribution in [0.5, 0.6) is 5.75 Å². The van der Waals surface area contributed by atoms with Gasteiger partial charge in [-0.05, 0) is 25.0 Å². The van der Waals surface area contributed by atoms with Crippen molar-refractivity contribution in [2.24, 2.45) is 5.73 Å². The minimum absolute atomic E-state index is 0. The molecule has 0 spiro atoms. The Balaban J connectivity index is 0.00000242. The zero-order valence-electron chi connectivity index (χ0n) is 11.8. The summed E-state index contributed by atoms with van der Waals surface area (Å²) in [7, 11) is 0. The lowest BCUT2D eigenvalue weighted by Gasteiger charge is -2.30. The number of halogens is 4. The molecule has 1 amide bonds. The van der Waals surface area contributed by atoms with Gasteiger partial charge in [-0.15, -0.1) is 12.4 Å². The van der Waals surface area contributed by atoms with Gasteiger partial charge in [0.05, 0.1) is 5.56 Å². The molecule has 1 aromatic rings. The zero-order chi connectivity index (χ0) is 15.5. The lowest BCUT2D eigenvalue weighted by Crippen LogP contribution is -2.43. The van der Waals surface area contributed by atoms with E-state index in [9.17, 15) is 18.0 Å². The lowest BCUT2D eigenvalue weighted by molar-refractivity contribution is -0.153. The number of alkyl halides is 3. The van der Waals surface area contributed by atoms with E-state index in [-0.39, 0.29) is 35.7 Å². The summed E-state index contributed by atoms with van der Waals surface area (Å²) in [6.45, 7) is -0.399. The van der Waals surface area contributed by atoms with E-state index >= 15 is 0 Å². The molecule has 8 heteroatoms. The maximum absolute atomic E-state index is 12.4. The molecule has 2 rings (SSSR count). The van der Waals surface area contributed by atoms with E-state index in [2.05, 4.69) is 0 Å². The Bertz CT molecular complexity index is 503. The number of carbonyl (C=O) groups excluding carboxylic acids is 1. The number of amides is 1. The number of rotatable bonds is 3. The number of hydrogen-bond donors (Lipinski definition) is 1. The van der Waals surface area contributed by atoms with Crippen LogP contribution in [-0.4, -0.2) is 42.7 Å². The smallest absolute Gasteiger partial charge is 0.422 e. The van der Waals surface area contributed by atoms with Gasteiger partial charge in [0, 0.05) is 19.1 Å². The van der Waals surface area contributed by atoms with Crippen LogP contribution in [0.25, 0.3) is 0 Å². The van der Waals surface area contributed by atoms with Crippen molar-refractivity contribution in [3.8, 4) is 5.75 Å². The second-order valence-electron chi connectivity index (χ2n) is 5.03. The van der Waals surface area contributed by atoms with Gasteiger partial charge in [-0.1, -0.05) is 12.1 Å². The third-order valence-electron chi connectivity index (χ3n) is 3.34. The molecule has 0 radical (unpaired) electrons. The Kier molecular flexibility index (Phi) is 6.49. The molecular formula is C14H18ClF3N2O2. The summed E-state index contributed by atoms with van der Waals surface area (Å²) < 4.78 is 41.5. The van der Waals surface area contributed by atoms with Crippen molar-refractivity contribution >= 4 is 18.3 Å². The van der Waals surface area contributed by atoms with Gasteiger partial charge in [-0.3, -0.25) is 4.79 Å². The van der Waals surface area contributed by atoms with Gasteiger partial charge in [0.25, 0.3) is 5.91 Å². The first-order chi connectivity index (χ1) is 9.87. The number of ether oxygens (including phenoxy) is 1. The monoisotopic (exact) mass is 338 g/mol. The van der Waals surface area contributed by atoms with Crippen LogP contribution >= 0.6 is 12.4 Å². The molecule has 0 saturated carbocycles. The van der Waals surface area contributed by atoms with E-state index < -0.39 is 12.8 Å². The van der Waals surface area contributed by atoms with Crippen molar-refractivity contribution in [2.45, 2.75) is 25.1 Å². The summed E-state index contributed by atoms with van der Waals surface area (Å²) in [6, 6.07) is 6.06. The predicted octanol–water partition coefficient (Wildman–Crippen LogP) is 2.61. The van der Waals surface area contributed by atoms with E-state index in [0.717, 1.165) is 0 Å². The van der Waals surface area contributed by atoms with Crippen LogP contribution in [0, 0.1) is 0 Å². The van der Waals surface area contributed by atoms with Crippen LogP contribution < -0.4 is 10.5 Å². The first-order valence-electron chi connectivity index (χ1n) is 6.70. The molecule has 1 aliphatic heterocycles. The molecular weight excluding hydrogens is 321 g/mol. The lowest BCUT2D eigenvalue weighted by atomic mass is 10.0. The van der Waals surface area contributed by atoms with Gasteiger partial charge in [-0.2, -0.15) is 13.2 Å². The number of carbonyl (C=O) groups is 1. The topological polar surface area (TPSA) is 55.6 Å². The number of nitrogens with two attached hydrogens (primary N) is 1. The Hall–Kier alpha value is -1.47. The molecule has 22 heavy (non-hydrogen) atoms. The van der Waals surface area contributed by atoms with Crippen molar-refractivity contribution in [1.29, 1.82) is 0 Å². The Morgan fingerprint density at radius 3 is 2.45 bits per heavy atom. The Morgan fingerprint density at radius 1 is 1.27 bits per heavy atom. The highest BCUT2D eigenvalue weighted by Gasteiger charge is 2.30. The highest BCUT2D eigenvalue weighted by atomic mass is 35.5. The maximum atomic E-state index is 12.4. The minimum Gasteiger partial charge on any atom is -0.483 e. The molecule has 0 aromatic heterocycles. The molecule has 1 saturated heterocycles. The summed E-state index contributed by atoms with van der Waals surface area (Å²) in [5.41, 5.74) is 5.92. The third-order valence-corrected chi connectivity index (χ3v) is 3.34. The molecule has 0 aliphatic carbocycles.